The molecule has 0 aliphatic rings. The minimum Gasteiger partial charge on any atom is -0.468 e. The van der Waals surface area contributed by atoms with Crippen LogP contribution in [0.25, 0.3) is 0 Å². The molecule has 2 heterocycles. The van der Waals surface area contributed by atoms with E-state index in [0.717, 1.165) is 17.7 Å². The predicted octanol–water partition coefficient (Wildman–Crippen LogP) is 3.83. The van der Waals surface area contributed by atoms with Crippen LogP contribution in [0.4, 0.5) is 13.2 Å². The van der Waals surface area contributed by atoms with E-state index in [1.54, 1.807) is 24.7 Å². The molecule has 0 saturated carbocycles. The lowest BCUT2D eigenvalue weighted by Crippen LogP contribution is -2.17. The topological polar surface area (TPSA) is 43.0 Å². The van der Waals surface area contributed by atoms with E-state index in [9.17, 15) is 13.2 Å². The number of nitrogens with zero attached hydrogens (tertiary/aromatic N) is 2. The Hall–Kier alpha value is -2.54. The van der Waals surface area contributed by atoms with Crippen molar-refractivity contribution in [3.05, 3.63) is 77.8 Å². The molecule has 2 aromatic heterocycles. The molecule has 0 spiro atoms. The number of rotatable bonds is 6. The lowest BCUT2D eigenvalue weighted by Gasteiger charge is -2.11. The van der Waals surface area contributed by atoms with Gasteiger partial charge in [-0.3, -0.25) is 0 Å². The number of benzene rings is 1. The van der Waals surface area contributed by atoms with Gasteiger partial charge < -0.3 is 14.3 Å². The summed E-state index contributed by atoms with van der Waals surface area (Å²) >= 11 is 0. The number of hydrogen-bond donors (Lipinski definition) is 1. The molecule has 0 atom stereocenters. The van der Waals surface area contributed by atoms with Gasteiger partial charge in [0, 0.05) is 18.9 Å². The van der Waals surface area contributed by atoms with E-state index in [0.29, 0.717) is 25.2 Å². The molecule has 4 nitrogen and oxygen atoms in total. The first-order valence-electron chi connectivity index (χ1n) is 7.41. The second-order valence-corrected chi connectivity index (χ2v) is 5.35. The Morgan fingerprint density at radius 2 is 2.00 bits per heavy atom. The average molecular weight is 335 g/mol. The monoisotopic (exact) mass is 335 g/mol. The molecule has 0 aliphatic carbocycles. The minimum absolute atomic E-state index is 0.335. The molecular weight excluding hydrogens is 319 g/mol. The van der Waals surface area contributed by atoms with Gasteiger partial charge in [0.25, 0.3) is 0 Å². The Morgan fingerprint density at radius 1 is 1.12 bits per heavy atom. The number of hydrogen-bond acceptors (Lipinski definition) is 3. The number of imidazole rings is 1. The Bertz CT molecular complexity index is 778. The van der Waals surface area contributed by atoms with Crippen LogP contribution in [0.2, 0.25) is 0 Å². The summed E-state index contributed by atoms with van der Waals surface area (Å²) in [5, 5.41) is 3.19. The third-order valence-electron chi connectivity index (χ3n) is 3.57. The first-order chi connectivity index (χ1) is 11.5. The molecule has 0 amide bonds. The zero-order valence-electron chi connectivity index (χ0n) is 12.8. The Morgan fingerprint density at radius 3 is 2.75 bits per heavy atom. The Balaban J connectivity index is 1.65. The molecule has 3 aromatic rings. The standard InChI is InChI=1S/C17H16F3N3O/c18-17(19,20)14-4-1-3-13(9-14)12-23-7-6-22-16(23)11-21-10-15-5-2-8-24-15/h1-9,21H,10-12H2. The first-order valence-corrected chi connectivity index (χ1v) is 7.41. The summed E-state index contributed by atoms with van der Waals surface area (Å²) in [6.45, 7) is 1.39. The van der Waals surface area contributed by atoms with Crippen molar-refractivity contribution in [2.45, 2.75) is 25.8 Å². The van der Waals surface area contributed by atoms with Gasteiger partial charge in [0.2, 0.25) is 0 Å². The van der Waals surface area contributed by atoms with Crippen LogP contribution in [0.15, 0.2) is 59.5 Å². The zero-order valence-corrected chi connectivity index (χ0v) is 12.8. The van der Waals surface area contributed by atoms with Crippen molar-refractivity contribution < 1.29 is 17.6 Å². The van der Waals surface area contributed by atoms with E-state index in [4.69, 9.17) is 4.42 Å². The summed E-state index contributed by atoms with van der Waals surface area (Å²) in [4.78, 5) is 4.25. The maximum Gasteiger partial charge on any atom is 0.416 e. The van der Waals surface area contributed by atoms with Gasteiger partial charge in [0.05, 0.1) is 24.9 Å². The highest BCUT2D eigenvalue weighted by Crippen LogP contribution is 2.29. The van der Waals surface area contributed by atoms with Crippen molar-refractivity contribution >= 4 is 0 Å². The summed E-state index contributed by atoms with van der Waals surface area (Å²) < 4.78 is 45.4. The molecule has 0 radical (unpaired) electrons. The number of alkyl halides is 3. The van der Waals surface area contributed by atoms with Crippen LogP contribution in [0.1, 0.15) is 22.7 Å². The van der Waals surface area contributed by atoms with Crippen molar-refractivity contribution in [2.24, 2.45) is 0 Å². The highest BCUT2D eigenvalue weighted by Gasteiger charge is 2.30. The van der Waals surface area contributed by atoms with E-state index in [2.05, 4.69) is 10.3 Å². The second-order valence-electron chi connectivity index (χ2n) is 5.35. The van der Waals surface area contributed by atoms with Gasteiger partial charge in [-0.15, -0.1) is 0 Å². The maximum absolute atomic E-state index is 12.8. The van der Waals surface area contributed by atoms with Gasteiger partial charge in [-0.05, 0) is 29.8 Å². The van der Waals surface area contributed by atoms with E-state index in [1.807, 2.05) is 16.7 Å². The molecule has 7 heteroatoms. The van der Waals surface area contributed by atoms with Crippen molar-refractivity contribution in [1.29, 1.82) is 0 Å². The molecule has 1 N–H and O–H groups in total. The van der Waals surface area contributed by atoms with Gasteiger partial charge in [-0.1, -0.05) is 12.1 Å². The Kier molecular flexibility index (Phi) is 4.71. The quantitative estimate of drug-likeness (QED) is 0.744. The molecule has 0 unspecified atom stereocenters. The maximum atomic E-state index is 12.8. The van der Waals surface area contributed by atoms with E-state index in [1.165, 1.54) is 12.1 Å². The third kappa shape index (κ3) is 4.05. The van der Waals surface area contributed by atoms with Crippen LogP contribution >= 0.6 is 0 Å². The summed E-state index contributed by atoms with van der Waals surface area (Å²) in [7, 11) is 0. The summed E-state index contributed by atoms with van der Waals surface area (Å²) in [6, 6.07) is 9.01. The Labute approximate surface area is 136 Å². The highest BCUT2D eigenvalue weighted by molar-refractivity contribution is 5.26. The van der Waals surface area contributed by atoms with Gasteiger partial charge >= 0.3 is 6.18 Å². The summed E-state index contributed by atoms with van der Waals surface area (Å²) in [6.07, 6.45) is 0.658. The van der Waals surface area contributed by atoms with Crippen molar-refractivity contribution in [3.63, 3.8) is 0 Å². The van der Waals surface area contributed by atoms with Crippen LogP contribution in [-0.4, -0.2) is 9.55 Å². The third-order valence-corrected chi connectivity index (χ3v) is 3.57. The minimum atomic E-state index is -4.33. The van der Waals surface area contributed by atoms with Crippen LogP contribution in [0.3, 0.4) is 0 Å². The number of nitrogens with one attached hydrogen (secondary N) is 1. The first kappa shape index (κ1) is 16.3. The van der Waals surface area contributed by atoms with Gasteiger partial charge in [-0.2, -0.15) is 13.2 Å². The molecular formula is C17H16F3N3O. The number of furan rings is 1. The van der Waals surface area contributed by atoms with Gasteiger partial charge in [0.1, 0.15) is 11.6 Å². The number of aromatic nitrogens is 2. The van der Waals surface area contributed by atoms with E-state index < -0.39 is 11.7 Å². The predicted molar refractivity (Wildman–Crippen MR) is 82.0 cm³/mol. The lowest BCUT2D eigenvalue weighted by atomic mass is 10.1. The van der Waals surface area contributed by atoms with Crippen molar-refractivity contribution in [3.8, 4) is 0 Å². The molecule has 1 aromatic carbocycles. The van der Waals surface area contributed by atoms with E-state index >= 15 is 0 Å². The smallest absolute Gasteiger partial charge is 0.416 e. The summed E-state index contributed by atoms with van der Waals surface area (Å²) in [5.74, 6) is 1.56. The van der Waals surface area contributed by atoms with Crippen LogP contribution in [0, 0.1) is 0 Å². The molecule has 0 saturated heterocycles. The SMILES string of the molecule is FC(F)(F)c1cccc(Cn2ccnc2CNCc2ccco2)c1. The molecule has 0 bridgehead atoms. The average Bonchev–Trinajstić information content (AvgIpc) is 3.19. The fourth-order valence-electron chi connectivity index (χ4n) is 2.40. The van der Waals surface area contributed by atoms with E-state index in [-0.39, 0.29) is 0 Å². The second kappa shape index (κ2) is 6.92. The lowest BCUT2D eigenvalue weighted by molar-refractivity contribution is -0.137. The largest absolute Gasteiger partial charge is 0.468 e. The molecule has 0 fully saturated rings. The highest BCUT2D eigenvalue weighted by atomic mass is 19.4. The van der Waals surface area contributed by atoms with Gasteiger partial charge in [0.15, 0.2) is 0 Å². The van der Waals surface area contributed by atoms with Gasteiger partial charge in [-0.25, -0.2) is 4.98 Å². The fraction of sp³-hybridized carbons (Fsp3) is 0.235. The molecule has 126 valence electrons. The summed E-state index contributed by atoms with van der Waals surface area (Å²) in [5.41, 5.74) is -0.0623. The van der Waals surface area contributed by atoms with Crippen molar-refractivity contribution in [2.75, 3.05) is 0 Å². The number of halogens is 3. The van der Waals surface area contributed by atoms with Crippen LogP contribution in [0.5, 0.6) is 0 Å². The normalized spacial score (nSPS) is 11.8. The molecule has 0 aliphatic heterocycles. The van der Waals surface area contributed by atoms with Crippen molar-refractivity contribution in [1.82, 2.24) is 14.9 Å². The van der Waals surface area contributed by atoms with Crippen LogP contribution in [-0.2, 0) is 25.8 Å². The fourth-order valence-corrected chi connectivity index (χ4v) is 2.40. The molecule has 24 heavy (non-hydrogen) atoms. The zero-order chi connectivity index (χ0) is 17.0. The molecule has 3 rings (SSSR count). The van der Waals surface area contributed by atoms with Crippen LogP contribution < -0.4 is 5.32 Å².